The molecular weight excluding hydrogens is 741 g/mol. The van der Waals surface area contributed by atoms with E-state index >= 15 is 0 Å². The van der Waals surface area contributed by atoms with Gasteiger partial charge >= 0.3 is 5.97 Å². The largest absolute Gasteiger partial charge is 0.543 e. The van der Waals surface area contributed by atoms with Gasteiger partial charge in [0, 0.05) is 34.7 Å². The number of carboxylic acids is 2. The van der Waals surface area contributed by atoms with E-state index < -0.39 is 52.3 Å². The molecule has 3 aromatic heterocycles. The van der Waals surface area contributed by atoms with Gasteiger partial charge in [-0.05, 0) is 26.0 Å². The Morgan fingerprint density at radius 2 is 2.06 bits per heavy atom. The van der Waals surface area contributed by atoms with E-state index in [-0.39, 0.29) is 51.1 Å². The van der Waals surface area contributed by atoms with Crippen molar-refractivity contribution in [2.45, 2.75) is 44.0 Å². The summed E-state index contributed by atoms with van der Waals surface area (Å²) in [5.41, 5.74) is 10.2. The SMILES string of the molecule is CC(C)(ON=C(C(=O)N[C@@H]1C(=O)N2C(C(=O)[O-])=C(C[n+]3ccc4c(ccn4Cc4ccc(C(=N)N)cc4F)c3)CS[C@H]12)c1nc(N)sc1Cl)C(=O)O. The maximum Gasteiger partial charge on any atom is 0.350 e. The molecule has 6 rings (SSSR count). The highest BCUT2D eigenvalue weighted by Crippen LogP contribution is 2.40. The molecule has 270 valence electrons. The number of anilines is 1. The number of carbonyl (C=O) groups excluding carboxylic acids is 3. The van der Waals surface area contributed by atoms with Crippen molar-refractivity contribution < 1.29 is 43.2 Å². The number of nitrogens with two attached hydrogens (primary N) is 2. The van der Waals surface area contributed by atoms with Gasteiger partial charge in [-0.25, -0.2) is 18.7 Å². The van der Waals surface area contributed by atoms with Gasteiger partial charge in [0.25, 0.3) is 11.8 Å². The quantitative estimate of drug-likeness (QED) is 0.0443. The molecule has 0 aliphatic carbocycles. The van der Waals surface area contributed by atoms with Gasteiger partial charge in [-0.1, -0.05) is 40.2 Å². The van der Waals surface area contributed by atoms with Crippen molar-refractivity contribution in [1.82, 2.24) is 19.8 Å². The monoisotopic (exact) mass is 769 g/mol. The van der Waals surface area contributed by atoms with Gasteiger partial charge in [0.15, 0.2) is 29.8 Å². The molecule has 0 spiro atoms. The van der Waals surface area contributed by atoms with Crippen molar-refractivity contribution in [2.24, 2.45) is 10.9 Å². The number of carboxylic acid groups (broad SMARTS) is 2. The summed E-state index contributed by atoms with van der Waals surface area (Å²) in [5.74, 6) is -5.19. The molecular formula is C32H29ClFN9O7S2. The van der Waals surface area contributed by atoms with E-state index in [9.17, 15) is 33.8 Å². The zero-order valence-electron chi connectivity index (χ0n) is 27.3. The number of oxime groups is 1. The Labute approximate surface area is 307 Å². The Bertz CT molecular complexity index is 2250. The number of halogens is 2. The molecule has 2 aliphatic heterocycles. The van der Waals surface area contributed by atoms with Crippen LogP contribution in [0.25, 0.3) is 10.9 Å². The summed E-state index contributed by atoms with van der Waals surface area (Å²) in [6.45, 7) is 2.73. The molecule has 4 aromatic rings. The maximum atomic E-state index is 14.7. The van der Waals surface area contributed by atoms with Crippen LogP contribution in [-0.2, 0) is 37.1 Å². The zero-order chi connectivity index (χ0) is 37.6. The Morgan fingerprint density at radius 1 is 1.31 bits per heavy atom. The van der Waals surface area contributed by atoms with E-state index in [1.165, 1.54) is 31.7 Å². The number of carbonyl (C=O) groups is 4. The van der Waals surface area contributed by atoms with Crippen LogP contribution >= 0.6 is 34.7 Å². The first-order valence-electron chi connectivity index (χ1n) is 15.3. The minimum atomic E-state index is -1.84. The second-order valence-electron chi connectivity index (χ2n) is 12.2. The van der Waals surface area contributed by atoms with Crippen LogP contribution in [0.4, 0.5) is 9.52 Å². The van der Waals surface area contributed by atoms with Crippen LogP contribution in [0.2, 0.25) is 4.34 Å². The molecule has 20 heteroatoms. The molecule has 0 bridgehead atoms. The van der Waals surface area contributed by atoms with Crippen molar-refractivity contribution in [2.75, 3.05) is 11.5 Å². The third kappa shape index (κ3) is 6.89. The van der Waals surface area contributed by atoms with Crippen LogP contribution in [0.5, 0.6) is 0 Å². The number of amidine groups is 1. The van der Waals surface area contributed by atoms with Crippen LogP contribution in [-0.4, -0.2) is 77.6 Å². The third-order valence-corrected chi connectivity index (χ3v) is 10.7. The number of benzene rings is 1. The Balaban J connectivity index is 1.19. The molecule has 2 atom stereocenters. The van der Waals surface area contributed by atoms with Gasteiger partial charge in [-0.2, -0.15) is 0 Å². The second-order valence-corrected chi connectivity index (χ2v) is 15.0. The number of nitrogens with one attached hydrogen (secondary N) is 2. The Kier molecular flexibility index (Phi) is 9.69. The fourth-order valence-corrected chi connectivity index (χ4v) is 7.79. The maximum absolute atomic E-state index is 14.7. The van der Waals surface area contributed by atoms with Crippen LogP contribution in [0.1, 0.15) is 30.7 Å². The number of amides is 2. The summed E-state index contributed by atoms with van der Waals surface area (Å²) in [6, 6.07) is 6.82. The molecule has 0 unspecified atom stereocenters. The summed E-state index contributed by atoms with van der Waals surface area (Å²) in [5, 5.41) is 35.5. The Hall–Kier alpha value is -5.53. The lowest BCUT2D eigenvalue weighted by atomic mass is 10.0. The predicted molar refractivity (Wildman–Crippen MR) is 187 cm³/mol. The highest BCUT2D eigenvalue weighted by Gasteiger charge is 2.53. The number of hydrogen-bond acceptors (Lipinski definition) is 12. The molecule has 2 amide bonds. The van der Waals surface area contributed by atoms with Gasteiger partial charge in [0.1, 0.15) is 33.1 Å². The minimum Gasteiger partial charge on any atom is -0.543 e. The van der Waals surface area contributed by atoms with E-state index in [0.717, 1.165) is 27.1 Å². The molecule has 0 radical (unpaired) electrons. The van der Waals surface area contributed by atoms with Crippen molar-refractivity contribution in [3.05, 3.63) is 87.2 Å². The van der Waals surface area contributed by atoms with E-state index in [2.05, 4.69) is 15.5 Å². The number of thiazole rings is 1. The van der Waals surface area contributed by atoms with Crippen LogP contribution in [0, 0.1) is 11.2 Å². The number of fused-ring (bicyclic) bond motifs is 2. The fraction of sp³-hybridized carbons (Fsp3) is 0.250. The average Bonchev–Trinajstić information content (AvgIpc) is 3.64. The molecule has 0 saturated carbocycles. The highest BCUT2D eigenvalue weighted by atomic mass is 35.5. The highest BCUT2D eigenvalue weighted by molar-refractivity contribution is 8.00. The van der Waals surface area contributed by atoms with Gasteiger partial charge in [0.2, 0.25) is 5.60 Å². The number of nitrogens with zero attached hydrogens (tertiary/aromatic N) is 5. The lowest BCUT2D eigenvalue weighted by Gasteiger charge is -2.50. The summed E-state index contributed by atoms with van der Waals surface area (Å²) in [7, 11) is 0. The van der Waals surface area contributed by atoms with Crippen molar-refractivity contribution in [3.8, 4) is 0 Å². The number of aliphatic carboxylic acids is 2. The van der Waals surface area contributed by atoms with Crippen molar-refractivity contribution in [1.29, 1.82) is 5.41 Å². The average molecular weight is 770 g/mol. The van der Waals surface area contributed by atoms with Gasteiger partial charge < -0.3 is 41.2 Å². The van der Waals surface area contributed by atoms with Crippen LogP contribution in [0.3, 0.4) is 0 Å². The molecule has 1 aromatic carbocycles. The predicted octanol–water partition coefficient (Wildman–Crippen LogP) is 0.780. The number of hydrogen-bond donors (Lipinski definition) is 5. The fourth-order valence-electron chi connectivity index (χ4n) is 5.53. The summed E-state index contributed by atoms with van der Waals surface area (Å²) < 4.78 is 18.3. The molecule has 1 fully saturated rings. The number of nitrogen functional groups attached to an aromatic ring is 2. The van der Waals surface area contributed by atoms with Gasteiger partial charge in [-0.3, -0.25) is 19.9 Å². The number of rotatable bonds is 12. The number of thioether (sulfide) groups is 1. The van der Waals surface area contributed by atoms with Crippen molar-refractivity contribution >= 4 is 86.0 Å². The Morgan fingerprint density at radius 3 is 2.69 bits per heavy atom. The molecule has 1 saturated heterocycles. The molecule has 16 nitrogen and oxygen atoms in total. The molecule has 7 N–H and O–H groups in total. The lowest BCUT2D eigenvalue weighted by molar-refractivity contribution is -0.687. The smallest absolute Gasteiger partial charge is 0.350 e. The van der Waals surface area contributed by atoms with Crippen LogP contribution < -0.4 is 26.5 Å². The lowest BCUT2D eigenvalue weighted by Crippen LogP contribution is -2.71. The van der Waals surface area contributed by atoms with E-state index in [0.29, 0.717) is 11.1 Å². The van der Waals surface area contributed by atoms with E-state index in [4.69, 9.17) is 33.3 Å². The summed E-state index contributed by atoms with van der Waals surface area (Å²) in [4.78, 5) is 61.0. The first-order valence-corrected chi connectivity index (χ1v) is 17.5. The first kappa shape index (κ1) is 36.3. The summed E-state index contributed by atoms with van der Waals surface area (Å²) in [6.07, 6.45) is 5.32. The molecule has 52 heavy (non-hydrogen) atoms. The van der Waals surface area contributed by atoms with E-state index in [1.807, 2.05) is 10.6 Å². The van der Waals surface area contributed by atoms with Gasteiger partial charge in [-0.15, -0.1) is 11.8 Å². The zero-order valence-corrected chi connectivity index (χ0v) is 29.6. The number of β-lactam (4-membered cyclic amide) rings is 1. The van der Waals surface area contributed by atoms with E-state index in [1.54, 1.807) is 41.4 Å². The normalized spacial score (nSPS) is 17.5. The number of aromatic nitrogens is 3. The third-order valence-electron chi connectivity index (χ3n) is 8.30. The summed E-state index contributed by atoms with van der Waals surface area (Å²) >= 11 is 8.26. The molecule has 2 aliphatic rings. The minimum absolute atomic E-state index is 0.00900. The molecule has 5 heterocycles. The van der Waals surface area contributed by atoms with Crippen LogP contribution in [0.15, 0.2) is 65.3 Å². The first-order chi connectivity index (χ1) is 24.5. The van der Waals surface area contributed by atoms with Crippen molar-refractivity contribution in [3.63, 3.8) is 0 Å². The number of pyridine rings is 1. The topological polar surface area (TPSA) is 246 Å². The second kappa shape index (κ2) is 13.9. The standard InChI is InChI=1S/C32H29ClFN9O7S2/c1-32(2,30(48)49)50-40-21(20-24(33)52-31(37)39-20)26(44)38-22-27(45)43-23(29(46)47)17(13-51-28(22)43)11-41-7-6-19-16(10-41)5-8-42(19)12-15-4-3-14(25(35)36)9-18(15)34/h3-10,22,28H,11-13H2,1-2H3,(H7-,35,36,37,38,39,44,46,47,48,49)/t22-,28-/m1/s1. The van der Waals surface area contributed by atoms with Gasteiger partial charge in [0.05, 0.1) is 29.1 Å².